The molecule has 1 N–H and O–H groups in total. The smallest absolute Gasteiger partial charge is 0.234 e. The summed E-state index contributed by atoms with van der Waals surface area (Å²) in [5.41, 5.74) is 3.97. The van der Waals surface area contributed by atoms with Crippen LogP contribution in [0.3, 0.4) is 0 Å². The fourth-order valence-corrected chi connectivity index (χ4v) is 4.82. The van der Waals surface area contributed by atoms with Crippen molar-refractivity contribution in [1.29, 1.82) is 0 Å². The number of rotatable bonds is 1. The Bertz CT molecular complexity index is 825. The van der Waals surface area contributed by atoms with Crippen LogP contribution in [0.1, 0.15) is 61.8 Å². The molecule has 2 aromatic carbocycles. The number of aryl methyl sites for hydroxylation is 2. The maximum atomic E-state index is 13.7. The third-order valence-electron chi connectivity index (χ3n) is 6.94. The average molecular weight is 378 g/mol. The van der Waals surface area contributed by atoms with Crippen LogP contribution in [0.4, 0.5) is 0 Å². The van der Waals surface area contributed by atoms with Crippen molar-refractivity contribution in [3.05, 3.63) is 70.8 Å². The number of fused-ring (bicyclic) bond motifs is 2. The molecule has 1 amide bonds. The highest BCUT2D eigenvalue weighted by Gasteiger charge is 2.44. The lowest BCUT2D eigenvalue weighted by atomic mass is 9.71. The number of benzene rings is 2. The number of likely N-dealkylation sites (tertiary alicyclic amines) is 1. The summed E-state index contributed by atoms with van der Waals surface area (Å²) in [5, 5.41) is 11.0. The van der Waals surface area contributed by atoms with E-state index in [1.807, 2.05) is 17.0 Å². The monoisotopic (exact) mass is 377 g/mol. The van der Waals surface area contributed by atoms with Crippen molar-refractivity contribution in [3.63, 3.8) is 0 Å². The molecule has 0 unspecified atom stereocenters. The minimum atomic E-state index is -0.705. The Kier molecular flexibility index (Phi) is 4.83. The van der Waals surface area contributed by atoms with Gasteiger partial charge in [-0.25, -0.2) is 0 Å². The number of amides is 1. The lowest BCUT2D eigenvalue weighted by molar-refractivity contribution is -0.142. The van der Waals surface area contributed by atoms with E-state index in [0.29, 0.717) is 25.9 Å². The Balaban J connectivity index is 1.67. The second kappa shape index (κ2) is 7.04. The summed E-state index contributed by atoms with van der Waals surface area (Å²) in [6.07, 6.45) is 3.22. The highest BCUT2D eigenvalue weighted by atomic mass is 16.3. The molecule has 2 aliphatic rings. The largest absolute Gasteiger partial charge is 0.389 e. The number of carbonyl (C=O) groups excluding carboxylic acids is 1. The van der Waals surface area contributed by atoms with Gasteiger partial charge in [-0.1, -0.05) is 69.3 Å². The first-order valence-electron chi connectivity index (χ1n) is 10.5. The van der Waals surface area contributed by atoms with Crippen LogP contribution in [0.2, 0.25) is 0 Å². The fraction of sp³-hybridized carbons (Fsp3) is 0.480. The normalized spacial score (nSPS) is 19.5. The second-order valence-corrected chi connectivity index (χ2v) is 9.44. The lowest BCUT2D eigenvalue weighted by Crippen LogP contribution is -2.53. The number of nitrogens with zero attached hydrogens (tertiary/aromatic N) is 1. The Labute approximate surface area is 168 Å². The molecule has 3 heteroatoms. The SMILES string of the molecule is CC(C)(C)C1(O)CCN(C(=O)C2c3ccccc3CCc3ccccc32)CC1. The first-order valence-corrected chi connectivity index (χ1v) is 10.5. The summed E-state index contributed by atoms with van der Waals surface area (Å²) in [5.74, 6) is -0.0616. The molecule has 3 nitrogen and oxygen atoms in total. The molecule has 0 aromatic heterocycles. The van der Waals surface area contributed by atoms with Crippen LogP contribution in [0.5, 0.6) is 0 Å². The maximum Gasteiger partial charge on any atom is 0.234 e. The van der Waals surface area contributed by atoms with E-state index in [1.54, 1.807) is 0 Å². The number of carbonyl (C=O) groups is 1. The van der Waals surface area contributed by atoms with E-state index in [4.69, 9.17) is 0 Å². The third kappa shape index (κ3) is 3.26. The molecule has 1 fully saturated rings. The Hall–Kier alpha value is -2.13. The summed E-state index contributed by atoms with van der Waals surface area (Å²) in [6.45, 7) is 7.49. The van der Waals surface area contributed by atoms with Gasteiger partial charge in [0.2, 0.25) is 5.91 Å². The van der Waals surface area contributed by atoms with Gasteiger partial charge >= 0.3 is 0 Å². The molecule has 28 heavy (non-hydrogen) atoms. The number of piperidine rings is 1. The average Bonchev–Trinajstić information content (AvgIpc) is 2.84. The summed E-state index contributed by atoms with van der Waals surface area (Å²) in [7, 11) is 0. The van der Waals surface area contributed by atoms with Crippen molar-refractivity contribution in [3.8, 4) is 0 Å². The second-order valence-electron chi connectivity index (χ2n) is 9.44. The quantitative estimate of drug-likeness (QED) is 0.804. The summed E-state index contributed by atoms with van der Waals surface area (Å²) in [4.78, 5) is 15.7. The van der Waals surface area contributed by atoms with Crippen LogP contribution in [0, 0.1) is 5.41 Å². The van der Waals surface area contributed by atoms with Crippen LogP contribution in [0.25, 0.3) is 0 Å². The van der Waals surface area contributed by atoms with Gasteiger partial charge in [-0.2, -0.15) is 0 Å². The molecule has 0 radical (unpaired) electrons. The van der Waals surface area contributed by atoms with Gasteiger partial charge in [-0.15, -0.1) is 0 Å². The van der Waals surface area contributed by atoms with E-state index in [2.05, 4.69) is 57.2 Å². The first-order chi connectivity index (χ1) is 13.3. The van der Waals surface area contributed by atoms with E-state index >= 15 is 0 Å². The summed E-state index contributed by atoms with van der Waals surface area (Å²) >= 11 is 0. The molecular weight excluding hydrogens is 346 g/mol. The van der Waals surface area contributed by atoms with E-state index in [1.165, 1.54) is 11.1 Å². The van der Waals surface area contributed by atoms with Gasteiger partial charge in [-0.05, 0) is 53.4 Å². The molecule has 1 aliphatic carbocycles. The van der Waals surface area contributed by atoms with Crippen LogP contribution in [-0.4, -0.2) is 34.6 Å². The van der Waals surface area contributed by atoms with Crippen molar-refractivity contribution in [1.82, 2.24) is 4.90 Å². The van der Waals surface area contributed by atoms with Gasteiger partial charge in [0, 0.05) is 13.1 Å². The zero-order valence-electron chi connectivity index (χ0n) is 17.2. The molecule has 4 rings (SSSR count). The van der Waals surface area contributed by atoms with E-state index < -0.39 is 5.60 Å². The predicted octanol–water partition coefficient (Wildman–Crippen LogP) is 4.32. The lowest BCUT2D eigenvalue weighted by Gasteiger charge is -2.46. The first kappa shape index (κ1) is 19.2. The van der Waals surface area contributed by atoms with Gasteiger partial charge in [-0.3, -0.25) is 4.79 Å². The van der Waals surface area contributed by atoms with Crippen LogP contribution < -0.4 is 0 Å². The highest BCUT2D eigenvalue weighted by Crippen LogP contribution is 2.41. The number of hydrogen-bond acceptors (Lipinski definition) is 2. The van der Waals surface area contributed by atoms with Crippen LogP contribution in [-0.2, 0) is 17.6 Å². The number of hydrogen-bond donors (Lipinski definition) is 1. The standard InChI is InChI=1S/C25H31NO2/c1-24(2,3)25(28)14-16-26(17-15-25)23(27)22-20-10-6-4-8-18(20)12-13-19-9-5-7-11-21(19)22/h4-11,22,28H,12-17H2,1-3H3. The fourth-order valence-electron chi connectivity index (χ4n) is 4.82. The van der Waals surface area contributed by atoms with Crippen molar-refractivity contribution < 1.29 is 9.90 Å². The summed E-state index contributed by atoms with van der Waals surface area (Å²) in [6, 6.07) is 16.8. The van der Waals surface area contributed by atoms with Crippen molar-refractivity contribution in [2.45, 2.75) is 58.0 Å². The van der Waals surface area contributed by atoms with Crippen molar-refractivity contribution >= 4 is 5.91 Å². The molecule has 2 aromatic rings. The molecule has 1 aliphatic heterocycles. The highest BCUT2D eigenvalue weighted by molar-refractivity contribution is 5.88. The third-order valence-corrected chi connectivity index (χ3v) is 6.94. The molecule has 0 saturated carbocycles. The predicted molar refractivity (Wildman–Crippen MR) is 112 cm³/mol. The van der Waals surface area contributed by atoms with Gasteiger partial charge in [0.15, 0.2) is 0 Å². The molecule has 0 atom stereocenters. The molecule has 1 saturated heterocycles. The zero-order chi connectivity index (χ0) is 19.9. The zero-order valence-corrected chi connectivity index (χ0v) is 17.2. The van der Waals surface area contributed by atoms with Crippen molar-refractivity contribution in [2.75, 3.05) is 13.1 Å². The topological polar surface area (TPSA) is 40.5 Å². The Morgan fingerprint density at radius 1 is 0.929 bits per heavy atom. The summed E-state index contributed by atoms with van der Waals surface area (Å²) < 4.78 is 0. The van der Waals surface area contributed by atoms with E-state index in [-0.39, 0.29) is 17.2 Å². The van der Waals surface area contributed by atoms with Crippen molar-refractivity contribution in [2.24, 2.45) is 5.41 Å². The Morgan fingerprint density at radius 2 is 1.39 bits per heavy atom. The maximum absolute atomic E-state index is 13.7. The van der Waals surface area contributed by atoms with Gasteiger partial charge in [0.05, 0.1) is 11.5 Å². The molecule has 148 valence electrons. The van der Waals surface area contributed by atoms with Gasteiger partial charge in [0.1, 0.15) is 0 Å². The van der Waals surface area contributed by atoms with E-state index in [9.17, 15) is 9.90 Å². The molecule has 1 heterocycles. The minimum absolute atomic E-state index is 0.177. The van der Waals surface area contributed by atoms with Crippen LogP contribution >= 0.6 is 0 Å². The van der Waals surface area contributed by atoms with Gasteiger partial charge in [0.25, 0.3) is 0 Å². The Morgan fingerprint density at radius 3 is 1.86 bits per heavy atom. The van der Waals surface area contributed by atoms with Gasteiger partial charge < -0.3 is 10.0 Å². The van der Waals surface area contributed by atoms with E-state index in [0.717, 1.165) is 24.0 Å². The minimum Gasteiger partial charge on any atom is -0.389 e. The molecular formula is C25H31NO2. The van der Waals surface area contributed by atoms with Crippen LogP contribution in [0.15, 0.2) is 48.5 Å². The number of aliphatic hydroxyl groups is 1. The molecule has 0 bridgehead atoms. The molecule has 0 spiro atoms.